The molecule has 1 saturated heterocycles. The van der Waals surface area contributed by atoms with E-state index in [1.54, 1.807) is 14.2 Å². The lowest BCUT2D eigenvalue weighted by atomic mass is 10.1. The monoisotopic (exact) mass is 334 g/mol. The summed E-state index contributed by atoms with van der Waals surface area (Å²) in [6.45, 7) is 8.74. The van der Waals surface area contributed by atoms with Crippen LogP contribution in [-0.2, 0) is 0 Å². The molecule has 1 unspecified atom stereocenters. The van der Waals surface area contributed by atoms with Gasteiger partial charge in [-0.2, -0.15) is 0 Å². The van der Waals surface area contributed by atoms with Crippen molar-refractivity contribution in [1.29, 1.82) is 0 Å². The largest absolute Gasteiger partial charge is 0.493 e. The molecular weight excluding hydrogens is 304 g/mol. The third-order valence-corrected chi connectivity index (χ3v) is 4.17. The van der Waals surface area contributed by atoms with Gasteiger partial charge in [-0.1, -0.05) is 13.8 Å². The number of nitrogens with zero attached hydrogens (tertiary/aromatic N) is 2. The number of anilines is 1. The molecule has 6 heteroatoms. The van der Waals surface area contributed by atoms with Gasteiger partial charge in [-0.3, -0.25) is 4.99 Å². The number of nitrogens with two attached hydrogens (primary N) is 1. The van der Waals surface area contributed by atoms with E-state index in [-0.39, 0.29) is 0 Å². The minimum atomic E-state index is 0.435. The van der Waals surface area contributed by atoms with E-state index in [1.807, 2.05) is 18.2 Å². The number of aliphatic imine (C=N–C) groups is 1. The van der Waals surface area contributed by atoms with Gasteiger partial charge >= 0.3 is 0 Å². The van der Waals surface area contributed by atoms with Crippen LogP contribution in [0, 0.1) is 11.8 Å². The number of nitrogens with one attached hydrogen (secondary N) is 1. The Morgan fingerprint density at radius 3 is 2.75 bits per heavy atom. The number of guanidine groups is 1. The fraction of sp³-hybridized carbons (Fsp3) is 0.611. The highest BCUT2D eigenvalue weighted by Crippen LogP contribution is 2.29. The van der Waals surface area contributed by atoms with E-state index in [9.17, 15) is 0 Å². The number of likely N-dealkylation sites (tertiary alicyclic amines) is 1. The molecule has 1 aliphatic heterocycles. The zero-order valence-corrected chi connectivity index (χ0v) is 15.2. The van der Waals surface area contributed by atoms with Gasteiger partial charge in [0.2, 0.25) is 0 Å². The first-order valence-electron chi connectivity index (χ1n) is 8.53. The van der Waals surface area contributed by atoms with Crippen molar-refractivity contribution in [2.75, 3.05) is 45.7 Å². The molecule has 1 atom stereocenters. The number of methoxy groups -OCH3 is 2. The Morgan fingerprint density at radius 1 is 1.33 bits per heavy atom. The van der Waals surface area contributed by atoms with Crippen molar-refractivity contribution in [1.82, 2.24) is 4.90 Å². The molecule has 6 nitrogen and oxygen atoms in total. The molecule has 1 heterocycles. The van der Waals surface area contributed by atoms with Crippen molar-refractivity contribution in [3.63, 3.8) is 0 Å². The summed E-state index contributed by atoms with van der Waals surface area (Å²) >= 11 is 0. The van der Waals surface area contributed by atoms with Crippen molar-refractivity contribution in [3.8, 4) is 11.5 Å². The second-order valence-corrected chi connectivity index (χ2v) is 6.73. The summed E-state index contributed by atoms with van der Waals surface area (Å²) in [7, 11) is 3.23. The fourth-order valence-corrected chi connectivity index (χ4v) is 3.07. The molecule has 2 rings (SSSR count). The molecule has 0 aliphatic carbocycles. The van der Waals surface area contributed by atoms with E-state index in [2.05, 4.69) is 29.1 Å². The van der Waals surface area contributed by atoms with Crippen LogP contribution in [0.2, 0.25) is 0 Å². The van der Waals surface area contributed by atoms with Gasteiger partial charge in [0.05, 0.1) is 14.2 Å². The average Bonchev–Trinajstić information content (AvgIpc) is 2.99. The lowest BCUT2D eigenvalue weighted by Gasteiger charge is -2.17. The van der Waals surface area contributed by atoms with Gasteiger partial charge in [0.15, 0.2) is 17.5 Å². The maximum atomic E-state index is 6.01. The van der Waals surface area contributed by atoms with Gasteiger partial charge in [0.25, 0.3) is 0 Å². The lowest BCUT2D eigenvalue weighted by molar-refractivity contribution is 0.288. The standard InChI is InChI=1S/C18H30N4O2/c1-13(2)11-22-8-7-14(12-22)10-20-18(19)21-15-5-6-16(23-3)17(9-15)24-4/h5-6,9,13-14H,7-8,10-12H2,1-4H3,(H3,19,20,21). The summed E-state index contributed by atoms with van der Waals surface area (Å²) in [4.78, 5) is 7.01. The Bertz CT molecular complexity index is 560. The van der Waals surface area contributed by atoms with Gasteiger partial charge in [-0.25, -0.2) is 0 Å². The van der Waals surface area contributed by atoms with Crippen LogP contribution in [0.3, 0.4) is 0 Å². The summed E-state index contributed by atoms with van der Waals surface area (Å²) in [6, 6.07) is 5.58. The molecule has 0 aromatic heterocycles. The summed E-state index contributed by atoms with van der Waals surface area (Å²) in [5.41, 5.74) is 6.85. The topological polar surface area (TPSA) is 72.1 Å². The number of hydrogen-bond acceptors (Lipinski definition) is 4. The zero-order valence-electron chi connectivity index (χ0n) is 15.2. The highest BCUT2D eigenvalue weighted by atomic mass is 16.5. The van der Waals surface area contributed by atoms with Crippen LogP contribution in [0.4, 0.5) is 5.69 Å². The molecule has 0 amide bonds. The summed E-state index contributed by atoms with van der Waals surface area (Å²) in [5.74, 6) is 3.09. The van der Waals surface area contributed by atoms with E-state index >= 15 is 0 Å². The van der Waals surface area contributed by atoms with Crippen molar-refractivity contribution >= 4 is 11.6 Å². The Balaban J connectivity index is 1.86. The molecule has 1 aromatic carbocycles. The minimum Gasteiger partial charge on any atom is -0.493 e. The zero-order chi connectivity index (χ0) is 17.5. The molecule has 3 N–H and O–H groups in total. The highest BCUT2D eigenvalue weighted by molar-refractivity contribution is 5.92. The molecule has 1 aromatic rings. The molecular formula is C18H30N4O2. The molecule has 0 bridgehead atoms. The predicted molar refractivity (Wildman–Crippen MR) is 99.0 cm³/mol. The summed E-state index contributed by atoms with van der Waals surface area (Å²) < 4.78 is 10.5. The summed E-state index contributed by atoms with van der Waals surface area (Å²) in [5, 5.41) is 3.11. The molecule has 0 saturated carbocycles. The predicted octanol–water partition coefficient (Wildman–Crippen LogP) is 2.41. The number of rotatable bonds is 7. The molecule has 24 heavy (non-hydrogen) atoms. The molecule has 1 fully saturated rings. The highest BCUT2D eigenvalue weighted by Gasteiger charge is 2.22. The third-order valence-electron chi connectivity index (χ3n) is 4.17. The maximum absolute atomic E-state index is 6.01. The van der Waals surface area contributed by atoms with Gasteiger partial charge in [0.1, 0.15) is 0 Å². The van der Waals surface area contributed by atoms with Gasteiger partial charge in [-0.05, 0) is 36.9 Å². The van der Waals surface area contributed by atoms with E-state index < -0.39 is 0 Å². The van der Waals surface area contributed by atoms with Crippen molar-refractivity contribution in [2.24, 2.45) is 22.6 Å². The second kappa shape index (κ2) is 8.78. The number of benzene rings is 1. The molecule has 1 aliphatic rings. The Hall–Kier alpha value is -1.95. The Labute approximate surface area is 145 Å². The minimum absolute atomic E-state index is 0.435. The van der Waals surface area contributed by atoms with E-state index in [4.69, 9.17) is 15.2 Å². The van der Waals surface area contributed by atoms with E-state index in [0.717, 1.165) is 18.8 Å². The molecule has 0 radical (unpaired) electrons. The maximum Gasteiger partial charge on any atom is 0.193 e. The second-order valence-electron chi connectivity index (χ2n) is 6.73. The van der Waals surface area contributed by atoms with E-state index in [0.29, 0.717) is 29.3 Å². The first-order valence-corrected chi connectivity index (χ1v) is 8.53. The van der Waals surface area contributed by atoms with Gasteiger partial charge in [0, 0.05) is 31.4 Å². The quantitative estimate of drug-likeness (QED) is 0.592. The number of hydrogen-bond donors (Lipinski definition) is 2. The van der Waals surface area contributed by atoms with Crippen LogP contribution in [0.5, 0.6) is 11.5 Å². The van der Waals surface area contributed by atoms with Gasteiger partial charge < -0.3 is 25.4 Å². The van der Waals surface area contributed by atoms with Crippen molar-refractivity contribution < 1.29 is 9.47 Å². The van der Waals surface area contributed by atoms with Crippen LogP contribution >= 0.6 is 0 Å². The normalized spacial score (nSPS) is 18.9. The van der Waals surface area contributed by atoms with Crippen LogP contribution in [0.25, 0.3) is 0 Å². The van der Waals surface area contributed by atoms with Crippen molar-refractivity contribution in [2.45, 2.75) is 20.3 Å². The first kappa shape index (κ1) is 18.4. The van der Waals surface area contributed by atoms with Crippen molar-refractivity contribution in [3.05, 3.63) is 18.2 Å². The Morgan fingerprint density at radius 2 is 2.08 bits per heavy atom. The third kappa shape index (κ3) is 5.30. The SMILES string of the molecule is COc1ccc(NC(N)=NCC2CCN(CC(C)C)C2)cc1OC. The van der Waals surface area contributed by atoms with E-state index in [1.165, 1.54) is 19.5 Å². The smallest absolute Gasteiger partial charge is 0.193 e. The average molecular weight is 334 g/mol. The molecule has 0 spiro atoms. The van der Waals surface area contributed by atoms with Crippen LogP contribution in [0.15, 0.2) is 23.2 Å². The van der Waals surface area contributed by atoms with Crippen LogP contribution < -0.4 is 20.5 Å². The molecule has 134 valence electrons. The fourth-order valence-electron chi connectivity index (χ4n) is 3.07. The Kier molecular flexibility index (Phi) is 6.73. The van der Waals surface area contributed by atoms with Crippen LogP contribution in [-0.4, -0.2) is 51.3 Å². The number of ether oxygens (including phenoxy) is 2. The van der Waals surface area contributed by atoms with Gasteiger partial charge in [-0.15, -0.1) is 0 Å². The summed E-state index contributed by atoms with van der Waals surface area (Å²) in [6.07, 6.45) is 1.19. The van der Waals surface area contributed by atoms with Crippen LogP contribution in [0.1, 0.15) is 20.3 Å². The lowest BCUT2D eigenvalue weighted by Crippen LogP contribution is -2.27. The first-order chi connectivity index (χ1) is 11.5.